The lowest BCUT2D eigenvalue weighted by molar-refractivity contribution is 0.818. The maximum Gasteiger partial charge on any atom is 0.266 e. The molecule has 0 saturated carbocycles. The largest absolute Gasteiger partial charge is 0.268 e. The van der Waals surface area contributed by atoms with Crippen LogP contribution in [0.5, 0.6) is 0 Å². The van der Waals surface area contributed by atoms with Crippen LogP contribution in [0.2, 0.25) is 5.02 Å². The molecule has 0 saturated heterocycles. The zero-order chi connectivity index (χ0) is 17.3. The highest BCUT2D eigenvalue weighted by Gasteiger charge is 2.16. The molecule has 0 aliphatic carbocycles. The molecule has 0 fully saturated rings. The first-order valence-corrected chi connectivity index (χ1v) is 8.61. The summed E-state index contributed by atoms with van der Waals surface area (Å²) in [5.74, 6) is 0. The minimum atomic E-state index is -0.328. The van der Waals surface area contributed by atoms with Crippen LogP contribution in [0.25, 0.3) is 16.6 Å². The average molecular weight is 356 g/mol. The van der Waals surface area contributed by atoms with Crippen molar-refractivity contribution in [2.45, 2.75) is 24.3 Å². The number of aromatic nitrogens is 2. The Bertz CT molecular complexity index is 1010. The minimum absolute atomic E-state index is 0.173. The molecule has 0 aliphatic heterocycles. The molecule has 4 nitrogen and oxygen atoms in total. The number of nitrogens with zero attached hydrogens (tertiary/aromatic N) is 3. The maximum absolute atomic E-state index is 13.0. The molecule has 24 heavy (non-hydrogen) atoms. The number of fused-ring (bicyclic) bond motifs is 1. The summed E-state index contributed by atoms with van der Waals surface area (Å²) in [6.45, 7) is 3.76. The molecule has 2 aromatic carbocycles. The predicted molar refractivity (Wildman–Crippen MR) is 98.0 cm³/mol. The molecule has 0 unspecified atom stereocenters. The second-order valence-corrected chi connectivity index (χ2v) is 7.17. The summed E-state index contributed by atoms with van der Waals surface area (Å²) in [5, 5.41) is 10.3. The van der Waals surface area contributed by atoms with Crippen molar-refractivity contribution in [2.75, 3.05) is 0 Å². The van der Waals surface area contributed by atoms with E-state index in [4.69, 9.17) is 16.9 Å². The standard InChI is InChI=1S/C18H14ClN3OS/c1-11-3-6-14(7-4-11)22-17(23)15-8-5-13(19)9-16(15)21-18(22)24-12(2)10-20/h3-9,12H,1-2H3/t12-/m1/s1. The van der Waals surface area contributed by atoms with Gasteiger partial charge in [0.1, 0.15) is 0 Å². The maximum atomic E-state index is 13.0. The van der Waals surface area contributed by atoms with Gasteiger partial charge in [0.15, 0.2) is 5.16 Å². The van der Waals surface area contributed by atoms with Crippen LogP contribution in [0.15, 0.2) is 52.4 Å². The molecular formula is C18H14ClN3OS. The molecule has 0 spiro atoms. The molecule has 1 heterocycles. The molecule has 3 rings (SSSR count). The molecular weight excluding hydrogens is 342 g/mol. The zero-order valence-corrected chi connectivity index (χ0v) is 14.7. The van der Waals surface area contributed by atoms with Gasteiger partial charge in [-0.05, 0) is 44.2 Å². The van der Waals surface area contributed by atoms with E-state index >= 15 is 0 Å². The smallest absolute Gasteiger partial charge is 0.266 e. The van der Waals surface area contributed by atoms with E-state index in [-0.39, 0.29) is 10.8 Å². The Morgan fingerprint density at radius 3 is 2.62 bits per heavy atom. The summed E-state index contributed by atoms with van der Waals surface area (Å²) in [6, 6.07) is 14.8. The average Bonchev–Trinajstić information content (AvgIpc) is 2.56. The first-order valence-electron chi connectivity index (χ1n) is 7.35. The van der Waals surface area contributed by atoms with Gasteiger partial charge in [0.2, 0.25) is 0 Å². The van der Waals surface area contributed by atoms with Crippen LogP contribution in [0.3, 0.4) is 0 Å². The quantitative estimate of drug-likeness (QED) is 0.517. The Kier molecular flexibility index (Phi) is 4.61. The summed E-state index contributed by atoms with van der Waals surface area (Å²) < 4.78 is 1.55. The summed E-state index contributed by atoms with van der Waals surface area (Å²) in [5.41, 5.74) is 2.19. The van der Waals surface area contributed by atoms with Crippen molar-refractivity contribution in [2.24, 2.45) is 0 Å². The zero-order valence-electron chi connectivity index (χ0n) is 13.2. The number of nitriles is 1. The highest BCUT2D eigenvalue weighted by atomic mass is 35.5. The van der Waals surface area contributed by atoms with Gasteiger partial charge in [-0.1, -0.05) is 41.1 Å². The fourth-order valence-electron chi connectivity index (χ4n) is 2.32. The van der Waals surface area contributed by atoms with E-state index in [1.165, 1.54) is 11.8 Å². The SMILES string of the molecule is Cc1ccc(-n2c(S[C@H](C)C#N)nc3cc(Cl)ccc3c2=O)cc1. The number of rotatable bonds is 3. The van der Waals surface area contributed by atoms with E-state index in [1.807, 2.05) is 31.2 Å². The lowest BCUT2D eigenvalue weighted by Gasteiger charge is -2.14. The van der Waals surface area contributed by atoms with Gasteiger partial charge in [-0.2, -0.15) is 5.26 Å². The van der Waals surface area contributed by atoms with E-state index < -0.39 is 0 Å². The van der Waals surface area contributed by atoms with Crippen molar-refractivity contribution in [3.63, 3.8) is 0 Å². The van der Waals surface area contributed by atoms with Crippen molar-refractivity contribution < 1.29 is 0 Å². The third-order valence-corrected chi connectivity index (χ3v) is 4.74. The van der Waals surface area contributed by atoms with Crippen LogP contribution >= 0.6 is 23.4 Å². The number of hydrogen-bond donors (Lipinski definition) is 0. The van der Waals surface area contributed by atoms with E-state index in [2.05, 4.69) is 11.1 Å². The molecule has 0 bridgehead atoms. The Balaban J connectivity index is 2.31. The normalized spacial score (nSPS) is 12.1. The number of benzene rings is 2. The molecule has 0 radical (unpaired) electrons. The van der Waals surface area contributed by atoms with Gasteiger partial charge in [0, 0.05) is 5.02 Å². The third-order valence-electron chi connectivity index (χ3n) is 3.56. The Morgan fingerprint density at radius 1 is 1.25 bits per heavy atom. The van der Waals surface area contributed by atoms with Crippen LogP contribution in [-0.4, -0.2) is 14.8 Å². The predicted octanol–water partition coefficient (Wildman–Crippen LogP) is 4.35. The van der Waals surface area contributed by atoms with Crippen molar-refractivity contribution in [1.82, 2.24) is 9.55 Å². The fourth-order valence-corrected chi connectivity index (χ4v) is 3.30. The molecule has 1 atom stereocenters. The Morgan fingerprint density at radius 2 is 1.96 bits per heavy atom. The number of thioether (sulfide) groups is 1. The van der Waals surface area contributed by atoms with Crippen LogP contribution in [0, 0.1) is 18.3 Å². The van der Waals surface area contributed by atoms with Gasteiger partial charge in [-0.15, -0.1) is 0 Å². The monoisotopic (exact) mass is 355 g/mol. The van der Waals surface area contributed by atoms with Gasteiger partial charge in [0.25, 0.3) is 5.56 Å². The van der Waals surface area contributed by atoms with Crippen molar-refractivity contribution in [1.29, 1.82) is 5.26 Å². The molecule has 120 valence electrons. The van der Waals surface area contributed by atoms with Crippen molar-refractivity contribution in [3.05, 3.63) is 63.4 Å². The van der Waals surface area contributed by atoms with Gasteiger partial charge >= 0.3 is 0 Å². The van der Waals surface area contributed by atoms with E-state index in [0.717, 1.165) is 11.3 Å². The number of aryl methyl sites for hydroxylation is 1. The van der Waals surface area contributed by atoms with Crippen LogP contribution in [-0.2, 0) is 0 Å². The summed E-state index contributed by atoms with van der Waals surface area (Å²) in [6.07, 6.45) is 0. The number of halogens is 1. The van der Waals surface area contributed by atoms with Gasteiger partial charge < -0.3 is 0 Å². The first kappa shape index (κ1) is 16.6. The fraction of sp³-hybridized carbons (Fsp3) is 0.167. The lowest BCUT2D eigenvalue weighted by Crippen LogP contribution is -2.22. The minimum Gasteiger partial charge on any atom is -0.268 e. The van der Waals surface area contributed by atoms with Gasteiger partial charge in [-0.3, -0.25) is 9.36 Å². The van der Waals surface area contributed by atoms with Gasteiger partial charge in [-0.25, -0.2) is 4.98 Å². The van der Waals surface area contributed by atoms with Crippen LogP contribution in [0.1, 0.15) is 12.5 Å². The van der Waals surface area contributed by atoms with Crippen molar-refractivity contribution >= 4 is 34.3 Å². The van der Waals surface area contributed by atoms with E-state index in [9.17, 15) is 4.79 Å². The summed E-state index contributed by atoms with van der Waals surface area (Å²) in [7, 11) is 0. The summed E-state index contributed by atoms with van der Waals surface area (Å²) in [4.78, 5) is 17.6. The molecule has 0 N–H and O–H groups in total. The third kappa shape index (κ3) is 3.16. The second-order valence-electron chi connectivity index (χ2n) is 5.42. The van der Waals surface area contributed by atoms with Crippen molar-refractivity contribution in [3.8, 4) is 11.8 Å². The second kappa shape index (κ2) is 6.68. The Hall–Kier alpha value is -2.29. The summed E-state index contributed by atoms with van der Waals surface area (Å²) >= 11 is 7.27. The highest BCUT2D eigenvalue weighted by Crippen LogP contribution is 2.25. The Labute approximate surface area is 148 Å². The molecule has 1 aromatic heterocycles. The number of hydrogen-bond acceptors (Lipinski definition) is 4. The van der Waals surface area contributed by atoms with Crippen LogP contribution in [0.4, 0.5) is 0 Å². The molecule has 0 aliphatic rings. The topological polar surface area (TPSA) is 58.7 Å². The molecule has 3 aromatic rings. The first-order chi connectivity index (χ1) is 11.5. The molecule has 0 amide bonds. The molecule has 6 heteroatoms. The highest BCUT2D eigenvalue weighted by molar-refractivity contribution is 8.00. The van der Waals surface area contributed by atoms with E-state index in [0.29, 0.717) is 21.1 Å². The lowest BCUT2D eigenvalue weighted by atomic mass is 10.2. The van der Waals surface area contributed by atoms with Gasteiger partial charge in [0.05, 0.1) is 27.9 Å². The van der Waals surface area contributed by atoms with Crippen LogP contribution < -0.4 is 5.56 Å². The van der Waals surface area contributed by atoms with E-state index in [1.54, 1.807) is 29.7 Å².